The number of carbonyl (C=O) groups excluding carboxylic acids is 2. The summed E-state index contributed by atoms with van der Waals surface area (Å²) in [5.41, 5.74) is 9.69. The average Bonchev–Trinajstić information content (AvgIpc) is 3.37. The zero-order valence-corrected chi connectivity index (χ0v) is 18.6. The minimum Gasteiger partial charge on any atom is -0.383 e. The number of benzene rings is 1. The summed E-state index contributed by atoms with van der Waals surface area (Å²) in [4.78, 5) is 31.5. The maximum Gasteiger partial charge on any atom is 0.255 e. The van der Waals surface area contributed by atoms with Crippen LogP contribution in [0.1, 0.15) is 28.0 Å². The van der Waals surface area contributed by atoms with Crippen LogP contribution in [0.3, 0.4) is 0 Å². The van der Waals surface area contributed by atoms with E-state index in [1.807, 2.05) is 31.2 Å². The van der Waals surface area contributed by atoms with E-state index in [-0.39, 0.29) is 23.7 Å². The zero-order chi connectivity index (χ0) is 22.0. The summed E-state index contributed by atoms with van der Waals surface area (Å²) in [5, 5.41) is 9.91. The lowest BCUT2D eigenvalue weighted by molar-refractivity contribution is -0.129. The van der Waals surface area contributed by atoms with Crippen LogP contribution in [-0.2, 0) is 11.2 Å². The third-order valence-corrected chi connectivity index (χ3v) is 5.92. The first kappa shape index (κ1) is 21.0. The molecule has 31 heavy (non-hydrogen) atoms. The minimum atomic E-state index is -0.292. The molecule has 0 spiro atoms. The normalized spacial score (nSPS) is 15.8. The van der Waals surface area contributed by atoms with Gasteiger partial charge in [0.25, 0.3) is 5.91 Å². The second kappa shape index (κ2) is 8.89. The molecule has 1 atom stereocenters. The first-order valence-corrected chi connectivity index (χ1v) is 10.8. The van der Waals surface area contributed by atoms with Gasteiger partial charge in [0.15, 0.2) is 0 Å². The third-order valence-electron chi connectivity index (χ3n) is 5.43. The lowest BCUT2D eigenvalue weighted by atomic mass is 10.1. The number of nitrogen functional groups attached to an aromatic ring is 1. The highest BCUT2D eigenvalue weighted by Gasteiger charge is 2.28. The number of hydrogen-bond donors (Lipinski definition) is 3. The fourth-order valence-corrected chi connectivity index (χ4v) is 4.20. The molecule has 2 aromatic heterocycles. The van der Waals surface area contributed by atoms with Crippen molar-refractivity contribution in [2.75, 3.05) is 18.8 Å². The number of carbonyl (C=O) groups is 2. The monoisotopic (exact) mass is 482 g/mol. The van der Waals surface area contributed by atoms with Gasteiger partial charge in [0, 0.05) is 47.1 Å². The topological polar surface area (TPSA) is 117 Å². The number of halogens is 1. The molecule has 3 heterocycles. The second-order valence-corrected chi connectivity index (χ2v) is 8.56. The predicted octanol–water partition coefficient (Wildman–Crippen LogP) is 2.70. The van der Waals surface area contributed by atoms with Gasteiger partial charge in [-0.15, -0.1) is 0 Å². The van der Waals surface area contributed by atoms with E-state index in [2.05, 4.69) is 36.4 Å². The van der Waals surface area contributed by atoms with E-state index in [0.29, 0.717) is 31.5 Å². The van der Waals surface area contributed by atoms with Crippen molar-refractivity contribution in [3.05, 3.63) is 64.0 Å². The SMILES string of the molecule is Cc1n[nH]cc1-c1cnc(N)c(C(=O)N[C@@H]2CCN(C(=O)Cc3cccc(Br)c3)C2)c1. The molecule has 2 amide bonds. The van der Waals surface area contributed by atoms with E-state index < -0.39 is 0 Å². The number of rotatable bonds is 5. The molecule has 0 unspecified atom stereocenters. The number of amides is 2. The maximum absolute atomic E-state index is 12.9. The summed E-state index contributed by atoms with van der Waals surface area (Å²) in [6.07, 6.45) is 4.42. The van der Waals surface area contributed by atoms with Crippen molar-refractivity contribution in [3.8, 4) is 11.1 Å². The van der Waals surface area contributed by atoms with Crippen LogP contribution in [0.2, 0.25) is 0 Å². The van der Waals surface area contributed by atoms with Crippen LogP contribution >= 0.6 is 15.9 Å². The van der Waals surface area contributed by atoms with E-state index in [9.17, 15) is 9.59 Å². The minimum absolute atomic E-state index is 0.0495. The Bertz CT molecular complexity index is 1130. The Labute approximate surface area is 188 Å². The van der Waals surface area contributed by atoms with Crippen LogP contribution < -0.4 is 11.1 Å². The van der Waals surface area contributed by atoms with Crippen molar-refractivity contribution in [3.63, 3.8) is 0 Å². The standard InChI is InChI=1S/C22H23BrN6O2/c1-13-19(11-26-28-13)15-9-18(21(24)25-10-15)22(31)27-17-5-6-29(12-17)20(30)8-14-3-2-4-16(23)7-14/h2-4,7,9-11,17H,5-6,8,12H2,1H3,(H2,24,25)(H,26,28)(H,27,31)/t17-/m1/s1. The molecule has 0 saturated carbocycles. The van der Waals surface area contributed by atoms with Crippen LogP contribution in [0, 0.1) is 6.92 Å². The van der Waals surface area contributed by atoms with Crippen molar-refractivity contribution in [2.24, 2.45) is 0 Å². The molecule has 0 aliphatic carbocycles. The lowest BCUT2D eigenvalue weighted by Gasteiger charge is -2.18. The van der Waals surface area contributed by atoms with Crippen LogP contribution in [0.4, 0.5) is 5.82 Å². The van der Waals surface area contributed by atoms with Crippen LogP contribution in [0.25, 0.3) is 11.1 Å². The van der Waals surface area contributed by atoms with E-state index in [0.717, 1.165) is 26.9 Å². The first-order chi connectivity index (χ1) is 14.9. The number of nitrogens with zero attached hydrogens (tertiary/aromatic N) is 3. The number of H-pyrrole nitrogens is 1. The fraction of sp³-hybridized carbons (Fsp3) is 0.273. The number of pyridine rings is 1. The van der Waals surface area contributed by atoms with Crippen LogP contribution in [-0.4, -0.2) is 51.0 Å². The number of aromatic amines is 1. The van der Waals surface area contributed by atoms with Gasteiger partial charge in [-0.1, -0.05) is 28.1 Å². The number of anilines is 1. The Hall–Kier alpha value is -3.20. The van der Waals surface area contributed by atoms with Crippen molar-refractivity contribution in [1.29, 1.82) is 0 Å². The highest BCUT2D eigenvalue weighted by Crippen LogP contribution is 2.24. The van der Waals surface area contributed by atoms with Gasteiger partial charge in [0.1, 0.15) is 5.82 Å². The zero-order valence-electron chi connectivity index (χ0n) is 17.1. The van der Waals surface area contributed by atoms with Gasteiger partial charge in [-0.2, -0.15) is 5.10 Å². The number of hydrogen-bond acceptors (Lipinski definition) is 5. The smallest absolute Gasteiger partial charge is 0.255 e. The van der Waals surface area contributed by atoms with Gasteiger partial charge >= 0.3 is 0 Å². The number of aromatic nitrogens is 3. The van der Waals surface area contributed by atoms with E-state index >= 15 is 0 Å². The quantitative estimate of drug-likeness (QED) is 0.516. The molecule has 0 radical (unpaired) electrons. The molecule has 160 valence electrons. The number of likely N-dealkylation sites (tertiary alicyclic amines) is 1. The van der Waals surface area contributed by atoms with Crippen LogP contribution in [0.5, 0.6) is 0 Å². The number of nitrogens with two attached hydrogens (primary N) is 1. The Morgan fingerprint density at radius 2 is 2.19 bits per heavy atom. The first-order valence-electron chi connectivity index (χ1n) is 10.00. The van der Waals surface area contributed by atoms with E-state index in [1.165, 1.54) is 0 Å². The van der Waals surface area contributed by atoms with Gasteiger partial charge in [-0.05, 0) is 37.1 Å². The van der Waals surface area contributed by atoms with Gasteiger partial charge in [0.05, 0.1) is 17.7 Å². The summed E-state index contributed by atoms with van der Waals surface area (Å²) in [5.74, 6) is -0.0734. The maximum atomic E-state index is 12.9. The molecule has 9 heteroatoms. The predicted molar refractivity (Wildman–Crippen MR) is 121 cm³/mol. The highest BCUT2D eigenvalue weighted by atomic mass is 79.9. The highest BCUT2D eigenvalue weighted by molar-refractivity contribution is 9.10. The molecule has 4 N–H and O–H groups in total. The second-order valence-electron chi connectivity index (χ2n) is 7.65. The molecule has 1 aliphatic rings. The molecule has 1 saturated heterocycles. The molecule has 3 aromatic rings. The summed E-state index contributed by atoms with van der Waals surface area (Å²) in [7, 11) is 0. The lowest BCUT2D eigenvalue weighted by Crippen LogP contribution is -2.39. The molecular weight excluding hydrogens is 460 g/mol. The van der Waals surface area contributed by atoms with Gasteiger partial charge in [-0.3, -0.25) is 14.7 Å². The Morgan fingerprint density at radius 1 is 1.35 bits per heavy atom. The van der Waals surface area contributed by atoms with Gasteiger partial charge < -0.3 is 16.0 Å². The average molecular weight is 483 g/mol. The molecular formula is C22H23BrN6O2. The molecule has 0 bridgehead atoms. The van der Waals surface area contributed by atoms with Crippen molar-refractivity contribution in [1.82, 2.24) is 25.4 Å². The molecule has 8 nitrogen and oxygen atoms in total. The Kier molecular flexibility index (Phi) is 6.03. The van der Waals surface area contributed by atoms with Crippen molar-refractivity contribution in [2.45, 2.75) is 25.8 Å². The third kappa shape index (κ3) is 4.77. The van der Waals surface area contributed by atoms with Crippen LogP contribution in [0.15, 0.2) is 47.2 Å². The fourth-order valence-electron chi connectivity index (χ4n) is 3.76. The Balaban J connectivity index is 1.39. The largest absolute Gasteiger partial charge is 0.383 e. The summed E-state index contributed by atoms with van der Waals surface area (Å²) >= 11 is 3.43. The number of aryl methyl sites for hydroxylation is 1. The Morgan fingerprint density at radius 3 is 2.94 bits per heavy atom. The van der Waals surface area contributed by atoms with Gasteiger partial charge in [0.2, 0.25) is 5.91 Å². The number of nitrogens with one attached hydrogen (secondary N) is 2. The van der Waals surface area contributed by atoms with Crippen molar-refractivity contribution < 1.29 is 9.59 Å². The molecule has 4 rings (SSSR count). The van der Waals surface area contributed by atoms with E-state index in [4.69, 9.17) is 5.73 Å². The summed E-state index contributed by atoms with van der Waals surface area (Å²) in [6.45, 7) is 2.96. The van der Waals surface area contributed by atoms with Crippen molar-refractivity contribution >= 4 is 33.6 Å². The van der Waals surface area contributed by atoms with Gasteiger partial charge in [-0.25, -0.2) is 4.98 Å². The molecule has 1 aliphatic heterocycles. The summed E-state index contributed by atoms with van der Waals surface area (Å²) < 4.78 is 0.948. The summed E-state index contributed by atoms with van der Waals surface area (Å²) in [6, 6.07) is 9.31. The molecule has 1 aromatic carbocycles. The molecule has 1 fully saturated rings. The van der Waals surface area contributed by atoms with E-state index in [1.54, 1.807) is 23.4 Å².